The lowest BCUT2D eigenvalue weighted by atomic mass is 9.79. The van der Waals surface area contributed by atoms with Crippen LogP contribution in [-0.4, -0.2) is 29.6 Å². The van der Waals surface area contributed by atoms with Gasteiger partial charge < -0.3 is 15.4 Å². The van der Waals surface area contributed by atoms with E-state index >= 15 is 0 Å². The fourth-order valence-corrected chi connectivity index (χ4v) is 1.13. The van der Waals surface area contributed by atoms with Gasteiger partial charge in [-0.3, -0.25) is 4.79 Å². The van der Waals surface area contributed by atoms with E-state index in [-0.39, 0.29) is 11.0 Å². The van der Waals surface area contributed by atoms with Crippen molar-refractivity contribution in [3.63, 3.8) is 0 Å². The predicted molar refractivity (Wildman–Crippen MR) is 54.2 cm³/mol. The van der Waals surface area contributed by atoms with Crippen LogP contribution in [0, 0.1) is 5.82 Å². The molecule has 80 valence electrons. The number of hydrogen-bond donors (Lipinski definition) is 3. The van der Waals surface area contributed by atoms with Crippen molar-refractivity contribution in [1.82, 2.24) is 5.32 Å². The smallest absolute Gasteiger partial charge is 0.423 e. The lowest BCUT2D eigenvalue weighted by Gasteiger charge is -2.06. The molecule has 0 heterocycles. The van der Waals surface area contributed by atoms with Gasteiger partial charge in [0.05, 0.1) is 5.56 Å². The van der Waals surface area contributed by atoms with Crippen LogP contribution in [-0.2, 0) is 0 Å². The molecule has 0 bridgehead atoms. The van der Waals surface area contributed by atoms with E-state index in [0.717, 1.165) is 12.1 Å². The third kappa shape index (κ3) is 2.77. The zero-order chi connectivity index (χ0) is 11.4. The molecule has 0 aliphatic carbocycles. The molecular weight excluding hydrogens is 200 g/mol. The molecule has 0 fully saturated rings. The van der Waals surface area contributed by atoms with Crippen molar-refractivity contribution in [3.05, 3.63) is 29.6 Å². The Hall–Kier alpha value is -1.40. The number of rotatable bonds is 3. The predicted octanol–water partition coefficient (Wildman–Crippen LogP) is -0.745. The number of benzene rings is 1. The average molecular weight is 211 g/mol. The molecule has 1 rings (SSSR count). The summed E-state index contributed by atoms with van der Waals surface area (Å²) in [4.78, 5) is 11.3. The summed E-state index contributed by atoms with van der Waals surface area (Å²) in [5.74, 6) is -1.26. The summed E-state index contributed by atoms with van der Waals surface area (Å²) in [6.45, 7) is 2.09. The van der Waals surface area contributed by atoms with Crippen molar-refractivity contribution in [3.8, 4) is 0 Å². The van der Waals surface area contributed by atoms with Crippen LogP contribution >= 0.6 is 0 Å². The first kappa shape index (κ1) is 11.7. The van der Waals surface area contributed by atoms with Crippen LogP contribution in [0.25, 0.3) is 0 Å². The van der Waals surface area contributed by atoms with E-state index in [2.05, 4.69) is 5.32 Å². The number of carbonyl (C=O) groups excluding carboxylic acids is 1. The monoisotopic (exact) mass is 211 g/mol. The molecule has 0 aliphatic rings. The Morgan fingerprint density at radius 1 is 1.53 bits per heavy atom. The Bertz CT molecular complexity index is 370. The van der Waals surface area contributed by atoms with Crippen LogP contribution in [0.1, 0.15) is 17.3 Å². The van der Waals surface area contributed by atoms with E-state index in [1.165, 1.54) is 6.07 Å². The minimum atomic E-state index is -1.71. The summed E-state index contributed by atoms with van der Waals surface area (Å²) in [6, 6.07) is 3.35. The topological polar surface area (TPSA) is 69.6 Å². The molecule has 0 spiro atoms. The van der Waals surface area contributed by atoms with E-state index in [4.69, 9.17) is 10.0 Å². The molecule has 3 N–H and O–H groups in total. The first-order valence-electron chi connectivity index (χ1n) is 4.50. The highest BCUT2D eigenvalue weighted by Crippen LogP contribution is 2.04. The van der Waals surface area contributed by atoms with Gasteiger partial charge in [-0.15, -0.1) is 0 Å². The molecule has 0 atom stereocenters. The van der Waals surface area contributed by atoms with Crippen LogP contribution in [0.3, 0.4) is 0 Å². The van der Waals surface area contributed by atoms with Crippen molar-refractivity contribution in [1.29, 1.82) is 0 Å². The molecular formula is C9H11BFNO3. The lowest BCUT2D eigenvalue weighted by molar-refractivity contribution is 0.0952. The summed E-state index contributed by atoms with van der Waals surface area (Å²) in [6.07, 6.45) is 0. The Labute approximate surface area is 86.9 Å². The molecule has 6 heteroatoms. The molecule has 15 heavy (non-hydrogen) atoms. The van der Waals surface area contributed by atoms with Gasteiger partial charge in [-0.2, -0.15) is 0 Å². The zero-order valence-corrected chi connectivity index (χ0v) is 8.20. The Morgan fingerprint density at radius 3 is 2.73 bits per heavy atom. The second kappa shape index (κ2) is 4.90. The van der Waals surface area contributed by atoms with Crippen LogP contribution in [0.2, 0.25) is 0 Å². The van der Waals surface area contributed by atoms with Crippen molar-refractivity contribution in [2.75, 3.05) is 6.54 Å². The molecule has 0 radical (unpaired) electrons. The highest BCUT2D eigenvalue weighted by molar-refractivity contribution is 6.58. The normalized spacial score (nSPS) is 9.87. The zero-order valence-electron chi connectivity index (χ0n) is 8.20. The maximum Gasteiger partial charge on any atom is 0.488 e. The van der Waals surface area contributed by atoms with E-state index in [1.54, 1.807) is 6.92 Å². The molecule has 1 aromatic carbocycles. The van der Waals surface area contributed by atoms with Gasteiger partial charge in [0, 0.05) is 6.54 Å². The van der Waals surface area contributed by atoms with Crippen LogP contribution in [0.15, 0.2) is 18.2 Å². The van der Waals surface area contributed by atoms with E-state index in [1.807, 2.05) is 0 Å². The maximum atomic E-state index is 13.2. The quantitative estimate of drug-likeness (QED) is 0.576. The SMILES string of the molecule is CCNC(=O)c1cc(B(O)O)ccc1F. The Kier molecular flexibility index (Phi) is 3.82. The Morgan fingerprint density at radius 2 is 2.20 bits per heavy atom. The van der Waals surface area contributed by atoms with Gasteiger partial charge in [0.1, 0.15) is 5.82 Å². The van der Waals surface area contributed by atoms with E-state index in [0.29, 0.717) is 6.54 Å². The van der Waals surface area contributed by atoms with E-state index in [9.17, 15) is 9.18 Å². The molecule has 0 aromatic heterocycles. The van der Waals surface area contributed by atoms with Gasteiger partial charge in [0.2, 0.25) is 0 Å². The van der Waals surface area contributed by atoms with Crippen LogP contribution < -0.4 is 10.8 Å². The van der Waals surface area contributed by atoms with Gasteiger partial charge in [-0.25, -0.2) is 4.39 Å². The van der Waals surface area contributed by atoms with Gasteiger partial charge in [0.25, 0.3) is 5.91 Å². The van der Waals surface area contributed by atoms with Crippen molar-refractivity contribution in [2.45, 2.75) is 6.92 Å². The minimum Gasteiger partial charge on any atom is -0.423 e. The number of amides is 1. The standard InChI is InChI=1S/C9H11BFNO3/c1-2-12-9(13)7-5-6(10(14)15)3-4-8(7)11/h3-5,14-15H,2H2,1H3,(H,12,13). The molecule has 0 saturated carbocycles. The first-order valence-corrected chi connectivity index (χ1v) is 4.50. The summed E-state index contributed by atoms with van der Waals surface area (Å²) < 4.78 is 13.2. The molecule has 0 saturated heterocycles. The molecule has 1 aromatic rings. The summed E-state index contributed by atoms with van der Waals surface area (Å²) in [5.41, 5.74) is -0.111. The Balaban J connectivity index is 3.05. The molecule has 0 unspecified atom stereocenters. The third-order valence-corrected chi connectivity index (χ3v) is 1.87. The van der Waals surface area contributed by atoms with Crippen LogP contribution in [0.4, 0.5) is 4.39 Å². The van der Waals surface area contributed by atoms with Crippen molar-refractivity contribution in [2.24, 2.45) is 0 Å². The molecule has 0 aliphatic heterocycles. The minimum absolute atomic E-state index is 0.0812. The fraction of sp³-hybridized carbons (Fsp3) is 0.222. The highest BCUT2D eigenvalue weighted by atomic mass is 19.1. The summed E-state index contributed by atoms with van der Waals surface area (Å²) in [7, 11) is -1.71. The second-order valence-corrected chi connectivity index (χ2v) is 2.97. The van der Waals surface area contributed by atoms with E-state index < -0.39 is 18.8 Å². The summed E-state index contributed by atoms with van der Waals surface area (Å²) in [5, 5.41) is 20.1. The third-order valence-electron chi connectivity index (χ3n) is 1.87. The van der Waals surface area contributed by atoms with Crippen molar-refractivity contribution < 1.29 is 19.2 Å². The van der Waals surface area contributed by atoms with Crippen LogP contribution in [0.5, 0.6) is 0 Å². The fourth-order valence-electron chi connectivity index (χ4n) is 1.13. The van der Waals surface area contributed by atoms with Gasteiger partial charge >= 0.3 is 7.12 Å². The second-order valence-electron chi connectivity index (χ2n) is 2.97. The van der Waals surface area contributed by atoms with Gasteiger partial charge in [-0.1, -0.05) is 6.07 Å². The number of hydrogen-bond acceptors (Lipinski definition) is 3. The number of nitrogens with one attached hydrogen (secondary N) is 1. The largest absolute Gasteiger partial charge is 0.488 e. The van der Waals surface area contributed by atoms with Crippen molar-refractivity contribution >= 4 is 18.5 Å². The average Bonchev–Trinajstić information content (AvgIpc) is 2.18. The lowest BCUT2D eigenvalue weighted by Crippen LogP contribution is -2.32. The highest BCUT2D eigenvalue weighted by Gasteiger charge is 2.16. The number of carbonyl (C=O) groups is 1. The maximum absolute atomic E-state index is 13.2. The molecule has 1 amide bonds. The summed E-state index contributed by atoms with van der Waals surface area (Å²) >= 11 is 0. The number of halogens is 1. The first-order chi connectivity index (χ1) is 7.06. The van der Waals surface area contributed by atoms with Gasteiger partial charge in [0.15, 0.2) is 0 Å². The molecule has 4 nitrogen and oxygen atoms in total. The van der Waals surface area contributed by atoms with Gasteiger partial charge in [-0.05, 0) is 24.5 Å².